The molecule has 0 aliphatic heterocycles. The van der Waals surface area contributed by atoms with Crippen molar-refractivity contribution in [2.75, 3.05) is 7.11 Å². The number of rotatable bonds is 3. The molecule has 0 bridgehead atoms. The van der Waals surface area contributed by atoms with Gasteiger partial charge >= 0.3 is 0 Å². The molecule has 0 saturated heterocycles. The summed E-state index contributed by atoms with van der Waals surface area (Å²) in [5.74, 6) is 1.28. The van der Waals surface area contributed by atoms with E-state index in [0.717, 1.165) is 0 Å². The van der Waals surface area contributed by atoms with Gasteiger partial charge in [-0.1, -0.05) is 23.2 Å². The summed E-state index contributed by atoms with van der Waals surface area (Å²) >= 11 is 11.7. The largest absolute Gasteiger partial charge is 0.481 e. The van der Waals surface area contributed by atoms with Gasteiger partial charge in [0.05, 0.1) is 13.2 Å². The van der Waals surface area contributed by atoms with Gasteiger partial charge in [0, 0.05) is 10.0 Å². The van der Waals surface area contributed by atoms with E-state index < -0.39 is 0 Å². The van der Waals surface area contributed by atoms with Gasteiger partial charge in [0.2, 0.25) is 11.8 Å². The van der Waals surface area contributed by atoms with Gasteiger partial charge in [-0.3, -0.25) is 0 Å². The third-order valence-electron chi connectivity index (χ3n) is 1.88. The van der Waals surface area contributed by atoms with Gasteiger partial charge in [-0.2, -0.15) is 0 Å². The second kappa shape index (κ2) is 5.21. The van der Waals surface area contributed by atoms with Crippen molar-refractivity contribution < 1.29 is 9.47 Å². The van der Waals surface area contributed by atoms with Gasteiger partial charge in [0.15, 0.2) is 0 Å². The van der Waals surface area contributed by atoms with Gasteiger partial charge in [0.25, 0.3) is 0 Å². The maximum Gasteiger partial charge on any atom is 0.226 e. The number of aromatic nitrogens is 2. The molecule has 1 aromatic carbocycles. The topological polar surface area (TPSA) is 44.2 Å². The number of halogens is 2. The molecule has 0 spiro atoms. The number of methoxy groups -OCH3 is 1. The second-order valence-corrected chi connectivity index (χ2v) is 3.98. The minimum atomic E-state index is 0.357. The number of ether oxygens (including phenoxy) is 2. The maximum atomic E-state index is 5.85. The molecule has 0 unspecified atom stereocenters. The van der Waals surface area contributed by atoms with Crippen LogP contribution in [-0.2, 0) is 0 Å². The Labute approximate surface area is 108 Å². The third-order valence-corrected chi connectivity index (χ3v) is 2.32. The van der Waals surface area contributed by atoms with Crippen LogP contribution in [0.5, 0.6) is 17.5 Å². The Hall–Kier alpha value is -1.52. The first-order valence-electron chi connectivity index (χ1n) is 4.67. The van der Waals surface area contributed by atoms with Crippen molar-refractivity contribution in [1.82, 2.24) is 9.97 Å². The summed E-state index contributed by atoms with van der Waals surface area (Å²) in [6, 6.07) is 6.47. The smallest absolute Gasteiger partial charge is 0.226 e. The molecular formula is C11H8Cl2N2O2. The number of hydrogen-bond acceptors (Lipinski definition) is 4. The van der Waals surface area contributed by atoms with Crippen LogP contribution < -0.4 is 9.47 Å². The lowest BCUT2D eigenvalue weighted by atomic mass is 10.3. The average Bonchev–Trinajstić information content (AvgIpc) is 2.28. The molecule has 4 nitrogen and oxygen atoms in total. The van der Waals surface area contributed by atoms with Crippen molar-refractivity contribution >= 4 is 23.2 Å². The van der Waals surface area contributed by atoms with Crippen molar-refractivity contribution in [2.24, 2.45) is 0 Å². The zero-order valence-electron chi connectivity index (χ0n) is 8.85. The van der Waals surface area contributed by atoms with Crippen molar-refractivity contribution in [3.8, 4) is 17.5 Å². The van der Waals surface area contributed by atoms with E-state index >= 15 is 0 Å². The second-order valence-electron chi connectivity index (χ2n) is 3.11. The molecular weight excluding hydrogens is 263 g/mol. The molecule has 6 heteroatoms. The first-order chi connectivity index (χ1) is 8.17. The van der Waals surface area contributed by atoms with Gasteiger partial charge in [0.1, 0.15) is 12.1 Å². The van der Waals surface area contributed by atoms with Gasteiger partial charge in [-0.15, -0.1) is 0 Å². The molecule has 2 rings (SSSR count). The van der Waals surface area contributed by atoms with Crippen LogP contribution in [0.1, 0.15) is 0 Å². The van der Waals surface area contributed by atoms with E-state index in [9.17, 15) is 0 Å². The van der Waals surface area contributed by atoms with Crippen LogP contribution >= 0.6 is 23.2 Å². The lowest BCUT2D eigenvalue weighted by Crippen LogP contribution is -1.92. The van der Waals surface area contributed by atoms with E-state index in [2.05, 4.69) is 9.97 Å². The van der Waals surface area contributed by atoms with Crippen molar-refractivity contribution in [3.05, 3.63) is 40.6 Å². The van der Waals surface area contributed by atoms with Crippen molar-refractivity contribution in [1.29, 1.82) is 0 Å². The molecule has 0 atom stereocenters. The van der Waals surface area contributed by atoms with E-state index in [0.29, 0.717) is 27.6 Å². The van der Waals surface area contributed by atoms with Gasteiger partial charge in [-0.25, -0.2) is 9.97 Å². The normalized spacial score (nSPS) is 10.1. The highest BCUT2D eigenvalue weighted by atomic mass is 35.5. The third kappa shape index (κ3) is 3.22. The highest BCUT2D eigenvalue weighted by molar-refractivity contribution is 6.34. The average molecular weight is 271 g/mol. The van der Waals surface area contributed by atoms with Crippen LogP contribution in [0.3, 0.4) is 0 Å². The molecule has 0 amide bonds. The Morgan fingerprint density at radius 1 is 0.941 bits per heavy atom. The summed E-state index contributed by atoms with van der Waals surface area (Å²) < 4.78 is 10.4. The fourth-order valence-corrected chi connectivity index (χ4v) is 1.70. The Bertz CT molecular complexity index is 514. The quantitative estimate of drug-likeness (QED) is 0.855. The zero-order chi connectivity index (χ0) is 12.3. The lowest BCUT2D eigenvalue weighted by Gasteiger charge is -2.06. The molecule has 0 N–H and O–H groups in total. The summed E-state index contributed by atoms with van der Waals surface area (Å²) in [4.78, 5) is 7.81. The Morgan fingerprint density at radius 3 is 2.24 bits per heavy atom. The zero-order valence-corrected chi connectivity index (χ0v) is 10.4. The van der Waals surface area contributed by atoms with Crippen LogP contribution in [0, 0.1) is 0 Å². The Morgan fingerprint density at radius 2 is 1.59 bits per heavy atom. The molecule has 1 heterocycles. The first-order valence-corrected chi connectivity index (χ1v) is 5.43. The standard InChI is InChI=1S/C11H8Cl2N2O2/c1-16-10-5-11(15-6-14-10)17-9-3-7(12)2-8(13)4-9/h2-6H,1H3. The number of nitrogens with zero attached hydrogens (tertiary/aromatic N) is 2. The van der Waals surface area contributed by atoms with Crippen LogP contribution in [0.25, 0.3) is 0 Å². The van der Waals surface area contributed by atoms with Crippen molar-refractivity contribution in [3.63, 3.8) is 0 Å². The Kier molecular flexibility index (Phi) is 3.66. The SMILES string of the molecule is COc1cc(Oc2cc(Cl)cc(Cl)c2)ncn1. The van der Waals surface area contributed by atoms with E-state index in [1.807, 2.05) is 0 Å². The summed E-state index contributed by atoms with van der Waals surface area (Å²) in [5.41, 5.74) is 0. The lowest BCUT2D eigenvalue weighted by molar-refractivity contribution is 0.388. The molecule has 0 radical (unpaired) electrons. The predicted molar refractivity (Wildman–Crippen MR) is 65.1 cm³/mol. The van der Waals surface area contributed by atoms with E-state index in [4.69, 9.17) is 32.7 Å². The summed E-state index contributed by atoms with van der Waals surface area (Å²) in [5, 5.41) is 0.988. The highest BCUT2D eigenvalue weighted by Crippen LogP contribution is 2.28. The van der Waals surface area contributed by atoms with E-state index in [1.165, 1.54) is 13.4 Å². The predicted octanol–water partition coefficient (Wildman–Crippen LogP) is 3.58. The van der Waals surface area contributed by atoms with Crippen molar-refractivity contribution in [2.45, 2.75) is 0 Å². The van der Waals surface area contributed by atoms with E-state index in [1.54, 1.807) is 24.3 Å². The highest BCUT2D eigenvalue weighted by Gasteiger charge is 2.03. The van der Waals surface area contributed by atoms with Crippen LogP contribution in [-0.4, -0.2) is 17.1 Å². The molecule has 17 heavy (non-hydrogen) atoms. The molecule has 0 saturated carbocycles. The van der Waals surface area contributed by atoms with Crippen LogP contribution in [0.4, 0.5) is 0 Å². The molecule has 0 aliphatic carbocycles. The monoisotopic (exact) mass is 270 g/mol. The first kappa shape index (κ1) is 12.0. The van der Waals surface area contributed by atoms with Gasteiger partial charge < -0.3 is 9.47 Å². The molecule has 88 valence electrons. The number of benzene rings is 1. The van der Waals surface area contributed by atoms with Crippen LogP contribution in [0.2, 0.25) is 10.0 Å². The minimum Gasteiger partial charge on any atom is -0.481 e. The maximum absolute atomic E-state index is 5.85. The molecule has 0 fully saturated rings. The summed E-state index contributed by atoms with van der Waals surface area (Å²) in [6.45, 7) is 0. The Balaban J connectivity index is 2.24. The fourth-order valence-electron chi connectivity index (χ4n) is 1.20. The summed E-state index contributed by atoms with van der Waals surface area (Å²) in [7, 11) is 1.52. The van der Waals surface area contributed by atoms with E-state index in [-0.39, 0.29) is 0 Å². The molecule has 1 aromatic heterocycles. The van der Waals surface area contributed by atoms with Gasteiger partial charge in [-0.05, 0) is 18.2 Å². The molecule has 0 aliphatic rings. The summed E-state index contributed by atoms with van der Waals surface area (Å²) in [6.07, 6.45) is 1.35. The minimum absolute atomic E-state index is 0.357. The molecule has 2 aromatic rings. The number of hydrogen-bond donors (Lipinski definition) is 0. The fraction of sp³-hybridized carbons (Fsp3) is 0.0909. The van der Waals surface area contributed by atoms with Crippen LogP contribution in [0.15, 0.2) is 30.6 Å².